The molecule has 2 aromatic heterocycles. The summed E-state index contributed by atoms with van der Waals surface area (Å²) >= 11 is 1.58. The van der Waals surface area contributed by atoms with E-state index in [0.29, 0.717) is 23.7 Å². The van der Waals surface area contributed by atoms with Crippen LogP contribution in [-0.4, -0.2) is 16.1 Å². The number of carbonyl (C=O) groups excluding carboxylic acids is 1. The van der Waals surface area contributed by atoms with Gasteiger partial charge >= 0.3 is 5.97 Å². The number of esters is 1. The highest BCUT2D eigenvalue weighted by Crippen LogP contribution is 2.18. The van der Waals surface area contributed by atoms with Crippen molar-refractivity contribution in [3.8, 4) is 5.75 Å². The van der Waals surface area contributed by atoms with E-state index >= 15 is 0 Å². The molecule has 0 saturated heterocycles. The lowest BCUT2D eigenvalue weighted by atomic mass is 10.2. The minimum absolute atomic E-state index is 0.128. The van der Waals surface area contributed by atoms with Crippen LogP contribution in [0.15, 0.2) is 34.2 Å². The van der Waals surface area contributed by atoms with E-state index in [2.05, 4.69) is 10.1 Å². The molecular formula is C18H18N2O4S. The van der Waals surface area contributed by atoms with E-state index in [1.54, 1.807) is 42.5 Å². The van der Waals surface area contributed by atoms with Gasteiger partial charge in [-0.2, -0.15) is 0 Å². The lowest BCUT2D eigenvalue weighted by Gasteiger charge is -2.07. The molecule has 0 aliphatic carbocycles. The summed E-state index contributed by atoms with van der Waals surface area (Å²) in [6.07, 6.45) is 0. The largest absolute Gasteiger partial charge is 0.487 e. The number of thiazole rings is 1. The fraction of sp³-hybridized carbons (Fsp3) is 0.278. The van der Waals surface area contributed by atoms with Crippen LogP contribution < -0.4 is 4.74 Å². The van der Waals surface area contributed by atoms with Crippen molar-refractivity contribution in [3.05, 3.63) is 62.9 Å². The molecule has 1 aromatic carbocycles. The van der Waals surface area contributed by atoms with Crippen LogP contribution >= 0.6 is 11.3 Å². The van der Waals surface area contributed by atoms with E-state index in [1.807, 2.05) is 19.2 Å². The highest BCUT2D eigenvalue weighted by molar-refractivity contribution is 7.09. The molecule has 0 N–H and O–H groups in total. The van der Waals surface area contributed by atoms with Crippen molar-refractivity contribution < 1.29 is 18.8 Å². The number of nitrogens with zero attached hydrogens (tertiary/aromatic N) is 2. The molecule has 0 fully saturated rings. The fourth-order valence-corrected chi connectivity index (χ4v) is 2.87. The second kappa shape index (κ2) is 7.48. The van der Waals surface area contributed by atoms with Gasteiger partial charge in [-0.15, -0.1) is 11.3 Å². The monoisotopic (exact) mass is 358 g/mol. The molecule has 0 amide bonds. The van der Waals surface area contributed by atoms with E-state index in [9.17, 15) is 4.79 Å². The molecule has 0 aliphatic rings. The van der Waals surface area contributed by atoms with E-state index < -0.39 is 5.97 Å². The molecule has 0 radical (unpaired) electrons. The summed E-state index contributed by atoms with van der Waals surface area (Å²) < 4.78 is 16.1. The first-order valence-electron chi connectivity index (χ1n) is 7.75. The zero-order chi connectivity index (χ0) is 17.8. The third-order valence-electron chi connectivity index (χ3n) is 3.65. The van der Waals surface area contributed by atoms with E-state index in [-0.39, 0.29) is 6.61 Å². The Morgan fingerprint density at radius 1 is 1.24 bits per heavy atom. The minimum atomic E-state index is -0.421. The topological polar surface area (TPSA) is 74.5 Å². The van der Waals surface area contributed by atoms with Gasteiger partial charge in [0, 0.05) is 5.38 Å². The molecule has 0 unspecified atom stereocenters. The van der Waals surface area contributed by atoms with Crippen molar-refractivity contribution in [1.82, 2.24) is 10.1 Å². The van der Waals surface area contributed by atoms with E-state index in [1.165, 1.54) is 0 Å². The molecule has 0 spiro atoms. The van der Waals surface area contributed by atoms with Crippen LogP contribution in [0.5, 0.6) is 5.75 Å². The zero-order valence-corrected chi connectivity index (χ0v) is 15.1. The van der Waals surface area contributed by atoms with Gasteiger partial charge < -0.3 is 14.0 Å². The van der Waals surface area contributed by atoms with Crippen molar-refractivity contribution in [1.29, 1.82) is 0 Å². The van der Waals surface area contributed by atoms with E-state index in [0.717, 1.165) is 22.0 Å². The van der Waals surface area contributed by atoms with Gasteiger partial charge in [0.2, 0.25) is 0 Å². The highest BCUT2D eigenvalue weighted by Gasteiger charge is 2.14. The first kappa shape index (κ1) is 17.2. The Hall–Kier alpha value is -2.67. The lowest BCUT2D eigenvalue weighted by molar-refractivity contribution is 0.0470. The third-order valence-corrected chi connectivity index (χ3v) is 4.47. The average molecular weight is 358 g/mol. The van der Waals surface area contributed by atoms with Gasteiger partial charge in [-0.05, 0) is 39.0 Å². The molecule has 6 nitrogen and oxygen atoms in total. The van der Waals surface area contributed by atoms with Crippen molar-refractivity contribution in [2.24, 2.45) is 0 Å². The number of aromatic nitrogens is 2. The Bertz CT molecular complexity index is 865. The lowest BCUT2D eigenvalue weighted by Crippen LogP contribution is -2.06. The second-order valence-corrected chi connectivity index (χ2v) is 6.62. The molecule has 3 rings (SSSR count). The van der Waals surface area contributed by atoms with Gasteiger partial charge in [0.1, 0.15) is 24.7 Å². The summed E-state index contributed by atoms with van der Waals surface area (Å²) in [5.41, 5.74) is 2.81. The number of hydrogen-bond donors (Lipinski definition) is 0. The quantitative estimate of drug-likeness (QED) is 0.620. The van der Waals surface area contributed by atoms with Crippen molar-refractivity contribution in [3.63, 3.8) is 0 Å². The van der Waals surface area contributed by atoms with Crippen molar-refractivity contribution in [2.75, 3.05) is 0 Å². The molecule has 0 aliphatic heterocycles. The number of aryl methyl sites for hydroxylation is 3. The SMILES string of the molecule is Cc1nc(COc2cccc(C(=O)OCc3c(C)noc3C)c2)cs1. The van der Waals surface area contributed by atoms with Crippen LogP contribution in [0.2, 0.25) is 0 Å². The Morgan fingerprint density at radius 2 is 2.08 bits per heavy atom. The number of hydrogen-bond acceptors (Lipinski definition) is 7. The van der Waals surface area contributed by atoms with Gasteiger partial charge in [0.15, 0.2) is 0 Å². The maximum absolute atomic E-state index is 12.3. The Morgan fingerprint density at radius 3 is 2.76 bits per heavy atom. The van der Waals surface area contributed by atoms with Crippen LogP contribution in [0.3, 0.4) is 0 Å². The number of benzene rings is 1. The zero-order valence-electron chi connectivity index (χ0n) is 14.2. The summed E-state index contributed by atoms with van der Waals surface area (Å²) in [7, 11) is 0. The molecule has 3 aromatic rings. The normalized spacial score (nSPS) is 10.7. The van der Waals surface area contributed by atoms with Crippen LogP contribution in [0.4, 0.5) is 0 Å². The molecule has 0 saturated carbocycles. The molecule has 130 valence electrons. The molecular weight excluding hydrogens is 340 g/mol. The van der Waals surface area contributed by atoms with Gasteiger partial charge in [-0.3, -0.25) is 0 Å². The smallest absolute Gasteiger partial charge is 0.338 e. The maximum atomic E-state index is 12.3. The molecule has 0 atom stereocenters. The summed E-state index contributed by atoms with van der Waals surface area (Å²) in [5, 5.41) is 6.80. The van der Waals surface area contributed by atoms with Crippen molar-refractivity contribution in [2.45, 2.75) is 34.0 Å². The van der Waals surface area contributed by atoms with Crippen LogP contribution in [0, 0.1) is 20.8 Å². The Labute approximate surface area is 149 Å². The molecule has 2 heterocycles. The number of rotatable bonds is 6. The summed E-state index contributed by atoms with van der Waals surface area (Å²) in [6.45, 7) is 6.04. The first-order chi connectivity index (χ1) is 12.0. The minimum Gasteiger partial charge on any atom is -0.487 e. The molecule has 0 bridgehead atoms. The fourth-order valence-electron chi connectivity index (χ4n) is 2.27. The summed E-state index contributed by atoms with van der Waals surface area (Å²) in [5.74, 6) is 0.827. The van der Waals surface area contributed by atoms with Gasteiger partial charge in [-0.1, -0.05) is 11.2 Å². The number of ether oxygens (including phenoxy) is 2. The second-order valence-electron chi connectivity index (χ2n) is 5.55. The summed E-state index contributed by atoms with van der Waals surface area (Å²) in [6, 6.07) is 6.91. The highest BCUT2D eigenvalue weighted by atomic mass is 32.1. The van der Waals surface area contributed by atoms with Crippen LogP contribution in [0.1, 0.15) is 38.1 Å². The molecule has 25 heavy (non-hydrogen) atoms. The van der Waals surface area contributed by atoms with Gasteiger partial charge in [0.05, 0.1) is 27.5 Å². The standard InChI is InChI=1S/C18H18N2O4S/c1-11-17(12(2)24-20-11)9-23-18(21)14-5-4-6-16(7-14)22-8-15-10-25-13(3)19-15/h4-7,10H,8-9H2,1-3H3. The Balaban J connectivity index is 1.61. The van der Waals surface area contributed by atoms with Crippen LogP contribution in [0.25, 0.3) is 0 Å². The van der Waals surface area contributed by atoms with E-state index in [4.69, 9.17) is 14.0 Å². The predicted octanol–water partition coefficient (Wildman–Crippen LogP) is 3.99. The maximum Gasteiger partial charge on any atom is 0.338 e. The number of carbonyl (C=O) groups is 1. The van der Waals surface area contributed by atoms with Crippen LogP contribution in [-0.2, 0) is 18.0 Å². The molecule has 7 heteroatoms. The van der Waals surface area contributed by atoms with Gasteiger partial charge in [-0.25, -0.2) is 9.78 Å². The van der Waals surface area contributed by atoms with Crippen molar-refractivity contribution >= 4 is 17.3 Å². The van der Waals surface area contributed by atoms with Gasteiger partial charge in [0.25, 0.3) is 0 Å². The summed E-state index contributed by atoms with van der Waals surface area (Å²) in [4.78, 5) is 16.6. The third kappa shape index (κ3) is 4.24. The average Bonchev–Trinajstić information content (AvgIpc) is 3.17. The first-order valence-corrected chi connectivity index (χ1v) is 8.63. The Kier molecular flexibility index (Phi) is 5.14. The predicted molar refractivity (Wildman–Crippen MR) is 92.7 cm³/mol.